The highest BCUT2D eigenvalue weighted by Crippen LogP contribution is 2.18. The number of fused-ring (bicyclic) bond motifs is 1. The number of nitrogens with zero attached hydrogens (tertiary/aromatic N) is 3. The Morgan fingerprint density at radius 2 is 1.93 bits per heavy atom. The van der Waals surface area contributed by atoms with Gasteiger partial charge in [-0.15, -0.1) is 5.10 Å². The van der Waals surface area contributed by atoms with Crippen LogP contribution in [0.4, 0.5) is 0 Å². The van der Waals surface area contributed by atoms with Crippen molar-refractivity contribution in [3.63, 3.8) is 0 Å². The van der Waals surface area contributed by atoms with Crippen LogP contribution in [0, 0.1) is 6.92 Å². The van der Waals surface area contributed by atoms with Crippen LogP contribution in [0.15, 0.2) is 66.0 Å². The average molecular weight is 401 g/mol. The van der Waals surface area contributed by atoms with Crippen LogP contribution in [-0.2, 0) is 0 Å². The van der Waals surface area contributed by atoms with E-state index >= 15 is 0 Å². The van der Waals surface area contributed by atoms with E-state index in [2.05, 4.69) is 16.7 Å². The molecule has 5 nitrogen and oxygen atoms in total. The second-order valence-corrected chi connectivity index (χ2v) is 7.47. The molecule has 0 aliphatic carbocycles. The van der Waals surface area contributed by atoms with Crippen LogP contribution in [0.25, 0.3) is 23.2 Å². The summed E-state index contributed by atoms with van der Waals surface area (Å²) in [4.78, 5) is 17.8. The predicted octanol–water partition coefficient (Wildman–Crippen LogP) is 3.74. The zero-order chi connectivity index (χ0) is 20.2. The fraction of sp³-hybridized carbons (Fsp3) is 0.0870. The van der Waals surface area contributed by atoms with Gasteiger partial charge in [-0.1, -0.05) is 78.1 Å². The molecule has 2 aromatic heterocycles. The topological polar surface area (TPSA) is 56.5 Å². The van der Waals surface area contributed by atoms with Crippen molar-refractivity contribution in [3.8, 4) is 5.75 Å². The van der Waals surface area contributed by atoms with Gasteiger partial charge in [-0.3, -0.25) is 4.79 Å². The largest absolute Gasteiger partial charge is 0.489 e. The predicted molar refractivity (Wildman–Crippen MR) is 118 cm³/mol. The van der Waals surface area contributed by atoms with E-state index in [-0.39, 0.29) is 5.56 Å². The number of hydrogen-bond donors (Lipinski definition) is 0. The highest BCUT2D eigenvalue weighted by atomic mass is 32.1. The number of aryl methyl sites for hydroxylation is 1. The van der Waals surface area contributed by atoms with Crippen molar-refractivity contribution in [1.29, 1.82) is 0 Å². The first kappa shape index (κ1) is 18.8. The molecule has 0 atom stereocenters. The van der Waals surface area contributed by atoms with E-state index in [0.29, 0.717) is 27.7 Å². The molecule has 0 spiro atoms. The summed E-state index contributed by atoms with van der Waals surface area (Å²) in [5.41, 5.74) is 2.90. The fourth-order valence-corrected chi connectivity index (χ4v) is 3.69. The number of para-hydroxylation sites is 1. The van der Waals surface area contributed by atoms with Crippen molar-refractivity contribution >= 4 is 34.5 Å². The summed E-state index contributed by atoms with van der Waals surface area (Å²) in [7, 11) is 0. The molecule has 0 aliphatic rings. The van der Waals surface area contributed by atoms with Crippen molar-refractivity contribution in [2.45, 2.75) is 6.92 Å². The summed E-state index contributed by atoms with van der Waals surface area (Å²) >= 11 is 1.31. The third-order valence-corrected chi connectivity index (χ3v) is 5.22. The SMILES string of the molecule is C=CCOc1ccccc1/C=c1/sc2nc(/C=C/c3ccc(C)cc3)nn2c1=O. The summed E-state index contributed by atoms with van der Waals surface area (Å²) in [6, 6.07) is 15.7. The molecule has 0 bridgehead atoms. The van der Waals surface area contributed by atoms with Gasteiger partial charge < -0.3 is 4.74 Å². The maximum atomic E-state index is 12.7. The van der Waals surface area contributed by atoms with Gasteiger partial charge in [0.15, 0.2) is 5.82 Å². The first-order valence-electron chi connectivity index (χ1n) is 9.13. The lowest BCUT2D eigenvalue weighted by Gasteiger charge is -2.05. The van der Waals surface area contributed by atoms with Gasteiger partial charge in [-0.05, 0) is 30.7 Å². The van der Waals surface area contributed by atoms with Crippen molar-refractivity contribution in [3.05, 3.63) is 98.6 Å². The Hall–Kier alpha value is -3.51. The molecule has 0 unspecified atom stereocenters. The van der Waals surface area contributed by atoms with Crippen LogP contribution in [0.2, 0.25) is 0 Å². The lowest BCUT2D eigenvalue weighted by Crippen LogP contribution is -2.23. The highest BCUT2D eigenvalue weighted by molar-refractivity contribution is 7.15. The van der Waals surface area contributed by atoms with Crippen molar-refractivity contribution in [2.75, 3.05) is 6.61 Å². The molecule has 29 heavy (non-hydrogen) atoms. The first-order valence-corrected chi connectivity index (χ1v) is 9.94. The van der Waals surface area contributed by atoms with Gasteiger partial charge in [0.2, 0.25) is 4.96 Å². The molecule has 2 heterocycles. The minimum absolute atomic E-state index is 0.189. The summed E-state index contributed by atoms with van der Waals surface area (Å²) < 4.78 is 7.57. The molecular weight excluding hydrogens is 382 g/mol. The smallest absolute Gasteiger partial charge is 0.291 e. The number of aromatic nitrogens is 3. The minimum Gasteiger partial charge on any atom is -0.489 e. The molecule has 4 aromatic rings. The number of rotatable bonds is 6. The van der Waals surface area contributed by atoms with Gasteiger partial charge in [-0.2, -0.15) is 9.50 Å². The van der Waals surface area contributed by atoms with Gasteiger partial charge in [0.05, 0.1) is 4.53 Å². The molecule has 0 saturated carbocycles. The second kappa shape index (κ2) is 8.24. The van der Waals surface area contributed by atoms with Crippen LogP contribution in [0.3, 0.4) is 0 Å². The Morgan fingerprint density at radius 3 is 2.69 bits per heavy atom. The minimum atomic E-state index is -0.189. The number of ether oxygens (including phenoxy) is 1. The van der Waals surface area contributed by atoms with E-state index in [1.165, 1.54) is 21.4 Å². The quantitative estimate of drug-likeness (QED) is 0.462. The van der Waals surface area contributed by atoms with Crippen LogP contribution >= 0.6 is 11.3 Å². The van der Waals surface area contributed by atoms with Gasteiger partial charge in [0.25, 0.3) is 5.56 Å². The van der Waals surface area contributed by atoms with E-state index in [0.717, 1.165) is 11.1 Å². The van der Waals surface area contributed by atoms with Crippen LogP contribution in [0.1, 0.15) is 22.5 Å². The number of hydrogen-bond acceptors (Lipinski definition) is 5. The average Bonchev–Trinajstić information content (AvgIpc) is 3.26. The molecule has 144 valence electrons. The van der Waals surface area contributed by atoms with Gasteiger partial charge >= 0.3 is 0 Å². The Bertz CT molecular complexity index is 1300. The monoisotopic (exact) mass is 401 g/mol. The Morgan fingerprint density at radius 1 is 1.14 bits per heavy atom. The molecule has 6 heteroatoms. The maximum Gasteiger partial charge on any atom is 0.291 e. The van der Waals surface area contributed by atoms with Crippen molar-refractivity contribution < 1.29 is 4.74 Å². The zero-order valence-corrected chi connectivity index (χ0v) is 16.7. The molecule has 4 rings (SSSR count). The molecule has 0 radical (unpaired) electrons. The van der Waals surface area contributed by atoms with Crippen molar-refractivity contribution in [1.82, 2.24) is 14.6 Å². The zero-order valence-electron chi connectivity index (χ0n) is 15.9. The third kappa shape index (κ3) is 4.17. The molecule has 0 amide bonds. The molecule has 0 fully saturated rings. The Labute approximate surface area is 171 Å². The molecule has 0 N–H and O–H groups in total. The van der Waals surface area contributed by atoms with Gasteiger partial charge in [-0.25, -0.2) is 0 Å². The molecular formula is C23H19N3O2S. The van der Waals surface area contributed by atoms with E-state index in [9.17, 15) is 4.79 Å². The van der Waals surface area contributed by atoms with Crippen LogP contribution < -0.4 is 14.8 Å². The van der Waals surface area contributed by atoms with Crippen LogP contribution in [-0.4, -0.2) is 21.2 Å². The van der Waals surface area contributed by atoms with E-state index in [1.807, 2.05) is 73.7 Å². The summed E-state index contributed by atoms with van der Waals surface area (Å²) in [5, 5.41) is 4.33. The normalized spacial score (nSPS) is 12.1. The van der Waals surface area contributed by atoms with Gasteiger partial charge in [0, 0.05) is 5.56 Å². The lowest BCUT2D eigenvalue weighted by molar-refractivity contribution is 0.362. The molecule has 0 aliphatic heterocycles. The standard InChI is InChI=1S/C23H19N3O2S/c1-3-14-28-19-7-5-4-6-18(19)15-20-22(27)26-23(29-20)24-21(25-26)13-12-17-10-8-16(2)9-11-17/h3-13,15H,1,14H2,2H3/b13-12+,20-15+. The van der Waals surface area contributed by atoms with E-state index in [1.54, 1.807) is 6.08 Å². The number of thiazole rings is 1. The second-order valence-electron chi connectivity index (χ2n) is 6.46. The van der Waals surface area contributed by atoms with E-state index in [4.69, 9.17) is 4.74 Å². The molecule has 0 saturated heterocycles. The summed E-state index contributed by atoms with van der Waals surface area (Å²) in [6.07, 6.45) is 7.24. The first-order chi connectivity index (χ1) is 14.1. The van der Waals surface area contributed by atoms with Crippen LogP contribution in [0.5, 0.6) is 5.75 Å². The Kier molecular flexibility index (Phi) is 5.35. The summed E-state index contributed by atoms with van der Waals surface area (Å²) in [6.45, 7) is 6.12. The third-order valence-electron chi connectivity index (χ3n) is 4.26. The highest BCUT2D eigenvalue weighted by Gasteiger charge is 2.09. The summed E-state index contributed by atoms with van der Waals surface area (Å²) in [5.74, 6) is 1.21. The van der Waals surface area contributed by atoms with E-state index < -0.39 is 0 Å². The maximum absolute atomic E-state index is 12.7. The Balaban J connectivity index is 1.65. The number of benzene rings is 2. The lowest BCUT2D eigenvalue weighted by atomic mass is 10.1. The van der Waals surface area contributed by atoms with Gasteiger partial charge in [0.1, 0.15) is 12.4 Å². The molecule has 2 aromatic carbocycles. The van der Waals surface area contributed by atoms with Crippen molar-refractivity contribution in [2.24, 2.45) is 0 Å². The fourth-order valence-electron chi connectivity index (χ4n) is 2.79.